The van der Waals surface area contributed by atoms with E-state index >= 15 is 0 Å². The Kier molecular flexibility index (Phi) is 7.15. The standard InChI is InChI=1S/C5H14N4O4/c1-9(2)4-3-7-12-13-8-11-5(6)10/h7-8H,3-4H2,1-2H3,(H2,6,10). The Labute approximate surface area is 75.7 Å². The number of rotatable bonds is 7. The molecule has 0 aromatic heterocycles. The molecule has 0 radical (unpaired) electrons. The third kappa shape index (κ3) is 11.1. The van der Waals surface area contributed by atoms with Gasteiger partial charge < -0.3 is 15.5 Å². The molecule has 0 heterocycles. The third-order valence-corrected chi connectivity index (χ3v) is 0.938. The van der Waals surface area contributed by atoms with Crippen LogP contribution in [-0.4, -0.2) is 38.2 Å². The smallest absolute Gasteiger partial charge is 0.333 e. The van der Waals surface area contributed by atoms with Gasteiger partial charge in [0, 0.05) is 18.7 Å². The van der Waals surface area contributed by atoms with Crippen LogP contribution in [0.25, 0.3) is 0 Å². The Hall–Kier alpha value is -0.930. The zero-order chi connectivity index (χ0) is 10.1. The Morgan fingerprint density at radius 2 is 2.15 bits per heavy atom. The van der Waals surface area contributed by atoms with Crippen molar-refractivity contribution in [1.82, 2.24) is 16.0 Å². The summed E-state index contributed by atoms with van der Waals surface area (Å²) in [5.41, 5.74) is 8.72. The van der Waals surface area contributed by atoms with E-state index in [1.54, 1.807) is 5.64 Å². The molecule has 13 heavy (non-hydrogen) atoms. The normalized spacial score (nSPS) is 10.4. The molecule has 8 heteroatoms. The maximum atomic E-state index is 9.95. The lowest BCUT2D eigenvalue weighted by Gasteiger charge is -2.09. The molecule has 4 N–H and O–H groups in total. The molecule has 0 aromatic rings. The van der Waals surface area contributed by atoms with Gasteiger partial charge in [-0.1, -0.05) is 4.99 Å². The summed E-state index contributed by atoms with van der Waals surface area (Å²) >= 11 is 0. The fourth-order valence-corrected chi connectivity index (χ4v) is 0.415. The molecule has 0 aliphatic carbocycles. The number of likely N-dealkylation sites (N-methyl/N-ethyl adjacent to an activating group) is 1. The molecule has 0 atom stereocenters. The molecule has 0 aromatic carbocycles. The first-order chi connectivity index (χ1) is 6.13. The summed E-state index contributed by atoms with van der Waals surface area (Å²) in [7, 11) is 3.83. The molecule has 0 saturated carbocycles. The van der Waals surface area contributed by atoms with E-state index in [0.717, 1.165) is 6.54 Å². The van der Waals surface area contributed by atoms with Gasteiger partial charge in [-0.3, -0.25) is 0 Å². The predicted molar refractivity (Wildman–Crippen MR) is 42.5 cm³/mol. The van der Waals surface area contributed by atoms with E-state index in [-0.39, 0.29) is 0 Å². The van der Waals surface area contributed by atoms with Crippen LogP contribution in [-0.2, 0) is 14.8 Å². The van der Waals surface area contributed by atoms with Crippen LogP contribution in [0.3, 0.4) is 0 Å². The van der Waals surface area contributed by atoms with Crippen molar-refractivity contribution in [3.05, 3.63) is 0 Å². The minimum absolute atomic E-state index is 0.561. The minimum atomic E-state index is -1.02. The van der Waals surface area contributed by atoms with Gasteiger partial charge in [-0.05, 0) is 14.1 Å². The summed E-state index contributed by atoms with van der Waals surface area (Å²) in [6, 6.07) is 0. The predicted octanol–water partition coefficient (Wildman–Crippen LogP) is -1.48. The first-order valence-electron chi connectivity index (χ1n) is 3.54. The molecule has 1 amide bonds. The van der Waals surface area contributed by atoms with Gasteiger partial charge in [0.15, 0.2) is 0 Å². The Balaban J connectivity index is 2.96. The summed E-state index contributed by atoms with van der Waals surface area (Å²) in [6.45, 7) is 1.34. The average molecular weight is 194 g/mol. The summed E-state index contributed by atoms with van der Waals surface area (Å²) in [4.78, 5) is 24.3. The fourth-order valence-electron chi connectivity index (χ4n) is 0.415. The quantitative estimate of drug-likeness (QED) is 0.258. The van der Waals surface area contributed by atoms with Crippen molar-refractivity contribution in [2.75, 3.05) is 27.2 Å². The number of nitrogens with one attached hydrogen (secondary N) is 2. The third-order valence-electron chi connectivity index (χ3n) is 0.938. The zero-order valence-corrected chi connectivity index (χ0v) is 7.57. The van der Waals surface area contributed by atoms with Gasteiger partial charge in [-0.2, -0.15) is 5.48 Å². The van der Waals surface area contributed by atoms with Gasteiger partial charge in [0.1, 0.15) is 0 Å². The lowest BCUT2D eigenvalue weighted by molar-refractivity contribution is -0.417. The number of hydroxylamine groups is 1. The highest BCUT2D eigenvalue weighted by atomic mass is 17.4. The van der Waals surface area contributed by atoms with Gasteiger partial charge in [0.05, 0.1) is 0 Å². The topological polar surface area (TPSA) is 98.1 Å². The second-order valence-electron chi connectivity index (χ2n) is 2.37. The summed E-state index contributed by atoms with van der Waals surface area (Å²) in [6.07, 6.45) is -1.02. The molecule has 8 nitrogen and oxygen atoms in total. The van der Waals surface area contributed by atoms with Crippen molar-refractivity contribution in [2.24, 2.45) is 5.73 Å². The number of carbonyl (C=O) groups is 1. The SMILES string of the molecule is CN(C)CCNOONOC(N)=O. The van der Waals surface area contributed by atoms with Crippen LogP contribution in [0.15, 0.2) is 0 Å². The number of hydrogen-bond acceptors (Lipinski definition) is 7. The van der Waals surface area contributed by atoms with Gasteiger partial charge >= 0.3 is 6.09 Å². The second kappa shape index (κ2) is 7.71. The van der Waals surface area contributed by atoms with Crippen LogP contribution in [0.1, 0.15) is 0 Å². The van der Waals surface area contributed by atoms with Crippen LogP contribution < -0.4 is 16.9 Å². The largest absolute Gasteiger partial charge is 0.425 e. The molecule has 0 aliphatic heterocycles. The minimum Gasteiger partial charge on any atom is -0.333 e. The molecule has 0 saturated heterocycles. The van der Waals surface area contributed by atoms with E-state index in [9.17, 15) is 4.79 Å². The highest BCUT2D eigenvalue weighted by molar-refractivity contribution is 5.64. The van der Waals surface area contributed by atoms with E-state index in [4.69, 9.17) is 0 Å². The maximum absolute atomic E-state index is 9.95. The molecule has 0 bridgehead atoms. The second-order valence-corrected chi connectivity index (χ2v) is 2.37. The van der Waals surface area contributed by atoms with E-state index < -0.39 is 6.09 Å². The number of hydrogen-bond donors (Lipinski definition) is 3. The molecule has 0 unspecified atom stereocenters. The highest BCUT2D eigenvalue weighted by Crippen LogP contribution is 1.72. The molecule has 0 spiro atoms. The van der Waals surface area contributed by atoms with E-state index in [1.807, 2.05) is 19.0 Å². The number of carbonyl (C=O) groups excluding carboxylic acids is 1. The van der Waals surface area contributed by atoms with E-state index in [1.165, 1.54) is 0 Å². The van der Waals surface area contributed by atoms with Crippen LogP contribution in [0.5, 0.6) is 0 Å². The van der Waals surface area contributed by atoms with Gasteiger partial charge in [0.2, 0.25) is 0 Å². The molecule has 0 fully saturated rings. The molecule has 0 rings (SSSR count). The first kappa shape index (κ1) is 12.1. The van der Waals surface area contributed by atoms with Crippen LogP contribution >= 0.6 is 0 Å². The monoisotopic (exact) mass is 194 g/mol. The summed E-state index contributed by atoms with van der Waals surface area (Å²) < 4.78 is 0. The Morgan fingerprint density at radius 3 is 2.69 bits per heavy atom. The van der Waals surface area contributed by atoms with E-state index in [0.29, 0.717) is 6.54 Å². The fraction of sp³-hybridized carbons (Fsp3) is 0.800. The first-order valence-corrected chi connectivity index (χ1v) is 3.54. The number of nitrogens with zero attached hydrogens (tertiary/aromatic N) is 1. The number of amides is 1. The molecular weight excluding hydrogens is 180 g/mol. The maximum Gasteiger partial charge on any atom is 0.425 e. The van der Waals surface area contributed by atoms with Gasteiger partial charge in [-0.15, -0.1) is 4.99 Å². The average Bonchev–Trinajstić information content (AvgIpc) is 2.01. The number of primary amides is 1. The van der Waals surface area contributed by atoms with Crippen LogP contribution in [0.2, 0.25) is 0 Å². The van der Waals surface area contributed by atoms with Crippen molar-refractivity contribution in [3.8, 4) is 0 Å². The Morgan fingerprint density at radius 1 is 1.46 bits per heavy atom. The lowest BCUT2D eigenvalue weighted by atomic mass is 10.6. The zero-order valence-electron chi connectivity index (χ0n) is 7.57. The molecular formula is C5H14N4O4. The summed E-state index contributed by atoms with van der Waals surface area (Å²) in [5.74, 6) is 0. The Bertz CT molecular complexity index is 142. The molecule has 0 aliphatic rings. The van der Waals surface area contributed by atoms with Crippen molar-refractivity contribution < 1.29 is 19.6 Å². The van der Waals surface area contributed by atoms with Crippen molar-refractivity contribution in [1.29, 1.82) is 0 Å². The van der Waals surface area contributed by atoms with Gasteiger partial charge in [-0.25, -0.2) is 4.79 Å². The van der Waals surface area contributed by atoms with Crippen molar-refractivity contribution >= 4 is 6.09 Å². The van der Waals surface area contributed by atoms with Crippen molar-refractivity contribution in [2.45, 2.75) is 0 Å². The lowest BCUT2D eigenvalue weighted by Crippen LogP contribution is -2.31. The summed E-state index contributed by atoms with van der Waals surface area (Å²) in [5, 5.41) is 0. The molecule has 78 valence electrons. The van der Waals surface area contributed by atoms with E-state index in [2.05, 4.69) is 26.0 Å². The van der Waals surface area contributed by atoms with Crippen molar-refractivity contribution in [3.63, 3.8) is 0 Å². The van der Waals surface area contributed by atoms with Crippen LogP contribution in [0.4, 0.5) is 4.79 Å². The van der Waals surface area contributed by atoms with Crippen LogP contribution in [0, 0.1) is 0 Å². The van der Waals surface area contributed by atoms with Gasteiger partial charge in [0.25, 0.3) is 0 Å². The highest BCUT2D eigenvalue weighted by Gasteiger charge is 1.93. The number of nitrogens with two attached hydrogens (primary N) is 1.